The van der Waals surface area contributed by atoms with E-state index in [1.807, 2.05) is 35.2 Å². The fraction of sp³-hybridized carbons (Fsp3) is 0.412. The standard InChI is InChI=1S/C17H22N6O3/c1-20(14-5-3-2-4-6-14)16-15(23(25)26)17(19-13-18-16)22-9-7-21(8-10-22)11-12-24/h2-6,13,24H,7-12H2,1H3. The minimum Gasteiger partial charge on any atom is -0.395 e. The van der Waals surface area contributed by atoms with E-state index in [0.29, 0.717) is 25.5 Å². The number of nitrogens with zero attached hydrogens (tertiary/aromatic N) is 6. The van der Waals surface area contributed by atoms with Crippen molar-refractivity contribution in [3.8, 4) is 0 Å². The van der Waals surface area contributed by atoms with Gasteiger partial charge in [0.05, 0.1) is 11.5 Å². The molecule has 138 valence electrons. The number of aliphatic hydroxyl groups excluding tert-OH is 1. The third kappa shape index (κ3) is 3.73. The predicted molar refractivity (Wildman–Crippen MR) is 98.9 cm³/mol. The van der Waals surface area contributed by atoms with Gasteiger partial charge in [-0.15, -0.1) is 0 Å². The van der Waals surface area contributed by atoms with Gasteiger partial charge in [-0.2, -0.15) is 0 Å². The van der Waals surface area contributed by atoms with Gasteiger partial charge >= 0.3 is 5.69 Å². The zero-order valence-corrected chi connectivity index (χ0v) is 14.7. The third-order valence-corrected chi connectivity index (χ3v) is 4.52. The molecule has 1 aromatic heterocycles. The second-order valence-electron chi connectivity index (χ2n) is 6.07. The molecule has 9 heteroatoms. The van der Waals surface area contributed by atoms with E-state index in [-0.39, 0.29) is 18.1 Å². The highest BCUT2D eigenvalue weighted by atomic mass is 16.6. The van der Waals surface area contributed by atoms with Crippen LogP contribution in [-0.2, 0) is 0 Å². The summed E-state index contributed by atoms with van der Waals surface area (Å²) in [5.74, 6) is 0.607. The van der Waals surface area contributed by atoms with Gasteiger partial charge in [-0.3, -0.25) is 15.0 Å². The van der Waals surface area contributed by atoms with E-state index in [1.54, 1.807) is 11.9 Å². The van der Waals surface area contributed by atoms with Gasteiger partial charge in [0, 0.05) is 45.5 Å². The number of hydrogen-bond donors (Lipinski definition) is 1. The van der Waals surface area contributed by atoms with Crippen molar-refractivity contribution in [1.29, 1.82) is 0 Å². The van der Waals surface area contributed by atoms with Crippen LogP contribution < -0.4 is 9.80 Å². The SMILES string of the molecule is CN(c1ccccc1)c1ncnc(N2CCN(CCO)CC2)c1[N+](=O)[O-]. The molecule has 2 heterocycles. The normalized spacial score (nSPS) is 15.1. The molecular weight excluding hydrogens is 336 g/mol. The van der Waals surface area contributed by atoms with Gasteiger partial charge in [0.25, 0.3) is 0 Å². The molecular formula is C17H22N6O3. The van der Waals surface area contributed by atoms with Crippen molar-refractivity contribution >= 4 is 23.0 Å². The fourth-order valence-electron chi connectivity index (χ4n) is 3.10. The summed E-state index contributed by atoms with van der Waals surface area (Å²) >= 11 is 0. The van der Waals surface area contributed by atoms with E-state index in [1.165, 1.54) is 6.33 Å². The maximum atomic E-state index is 11.8. The van der Waals surface area contributed by atoms with Crippen LogP contribution in [0.15, 0.2) is 36.7 Å². The average molecular weight is 358 g/mol. The molecule has 0 aliphatic carbocycles. The largest absolute Gasteiger partial charge is 0.395 e. The van der Waals surface area contributed by atoms with Crippen molar-refractivity contribution in [1.82, 2.24) is 14.9 Å². The monoisotopic (exact) mass is 358 g/mol. The van der Waals surface area contributed by atoms with Crippen LogP contribution in [-0.4, -0.2) is 71.3 Å². The van der Waals surface area contributed by atoms with E-state index >= 15 is 0 Å². The maximum Gasteiger partial charge on any atom is 0.353 e. The number of rotatable bonds is 6. The van der Waals surface area contributed by atoms with Crippen LogP contribution in [0.5, 0.6) is 0 Å². The Labute approximate surface area is 151 Å². The molecule has 0 saturated carbocycles. The van der Waals surface area contributed by atoms with Gasteiger partial charge < -0.3 is 14.9 Å². The third-order valence-electron chi connectivity index (χ3n) is 4.52. The molecule has 0 bridgehead atoms. The lowest BCUT2D eigenvalue weighted by atomic mass is 10.2. The van der Waals surface area contributed by atoms with Crippen LogP contribution in [0.2, 0.25) is 0 Å². The summed E-state index contributed by atoms with van der Waals surface area (Å²) in [6.07, 6.45) is 1.37. The zero-order valence-electron chi connectivity index (χ0n) is 14.7. The Hall–Kier alpha value is -2.78. The number of para-hydroxylation sites is 1. The zero-order chi connectivity index (χ0) is 18.5. The van der Waals surface area contributed by atoms with E-state index in [2.05, 4.69) is 14.9 Å². The smallest absolute Gasteiger partial charge is 0.353 e. The second kappa shape index (κ2) is 8.07. The van der Waals surface area contributed by atoms with Crippen molar-refractivity contribution in [3.05, 3.63) is 46.8 Å². The first kappa shape index (κ1) is 18.0. The highest BCUT2D eigenvalue weighted by Crippen LogP contribution is 2.36. The first-order valence-electron chi connectivity index (χ1n) is 8.48. The minimum atomic E-state index is -0.412. The maximum absolute atomic E-state index is 11.8. The lowest BCUT2D eigenvalue weighted by molar-refractivity contribution is -0.383. The summed E-state index contributed by atoms with van der Waals surface area (Å²) in [7, 11) is 1.76. The van der Waals surface area contributed by atoms with Crippen LogP contribution in [0.1, 0.15) is 0 Å². The van der Waals surface area contributed by atoms with Crippen LogP contribution in [0.3, 0.4) is 0 Å². The van der Waals surface area contributed by atoms with Gasteiger partial charge in [0.1, 0.15) is 6.33 Å². The van der Waals surface area contributed by atoms with Crippen molar-refractivity contribution in [2.75, 3.05) is 56.2 Å². The Bertz CT molecular complexity index is 749. The summed E-state index contributed by atoms with van der Waals surface area (Å²) in [4.78, 5) is 25.5. The molecule has 1 N–H and O–H groups in total. The molecule has 0 unspecified atom stereocenters. The summed E-state index contributed by atoms with van der Waals surface area (Å²) < 4.78 is 0. The number of hydrogen-bond acceptors (Lipinski definition) is 8. The number of anilines is 3. The minimum absolute atomic E-state index is 0.0885. The van der Waals surface area contributed by atoms with Gasteiger partial charge in [-0.1, -0.05) is 18.2 Å². The summed E-state index contributed by atoms with van der Waals surface area (Å²) in [5, 5.41) is 20.9. The van der Waals surface area contributed by atoms with Crippen molar-refractivity contribution in [2.24, 2.45) is 0 Å². The van der Waals surface area contributed by atoms with Crippen molar-refractivity contribution in [3.63, 3.8) is 0 Å². The van der Waals surface area contributed by atoms with Gasteiger partial charge in [0.2, 0.25) is 11.6 Å². The average Bonchev–Trinajstić information content (AvgIpc) is 2.68. The Morgan fingerprint density at radius 1 is 1.19 bits per heavy atom. The van der Waals surface area contributed by atoms with Crippen LogP contribution >= 0.6 is 0 Å². The van der Waals surface area contributed by atoms with E-state index < -0.39 is 4.92 Å². The van der Waals surface area contributed by atoms with Crippen LogP contribution in [0.4, 0.5) is 23.0 Å². The number of piperazine rings is 1. The van der Waals surface area contributed by atoms with Crippen LogP contribution in [0, 0.1) is 10.1 Å². The predicted octanol–water partition coefficient (Wildman–Crippen LogP) is 1.27. The molecule has 2 aromatic rings. The Kier molecular flexibility index (Phi) is 5.59. The highest BCUT2D eigenvalue weighted by molar-refractivity contribution is 5.75. The number of aliphatic hydroxyl groups is 1. The fourth-order valence-corrected chi connectivity index (χ4v) is 3.10. The molecule has 26 heavy (non-hydrogen) atoms. The van der Waals surface area contributed by atoms with Crippen molar-refractivity contribution in [2.45, 2.75) is 0 Å². The summed E-state index contributed by atoms with van der Waals surface area (Å²) in [6, 6.07) is 9.39. The van der Waals surface area contributed by atoms with Gasteiger partial charge in [0.15, 0.2) is 0 Å². The Balaban J connectivity index is 1.91. The topological polar surface area (TPSA) is 98.9 Å². The summed E-state index contributed by atoms with van der Waals surface area (Å²) in [6.45, 7) is 3.41. The first-order chi connectivity index (χ1) is 12.6. The molecule has 1 saturated heterocycles. The number of benzene rings is 1. The van der Waals surface area contributed by atoms with Gasteiger partial charge in [-0.25, -0.2) is 9.97 Å². The molecule has 1 aliphatic heterocycles. The highest BCUT2D eigenvalue weighted by Gasteiger charge is 2.31. The first-order valence-corrected chi connectivity index (χ1v) is 8.48. The molecule has 1 aromatic carbocycles. The second-order valence-corrected chi connectivity index (χ2v) is 6.07. The van der Waals surface area contributed by atoms with E-state index in [0.717, 1.165) is 18.8 Å². The molecule has 0 spiro atoms. The van der Waals surface area contributed by atoms with Gasteiger partial charge in [-0.05, 0) is 12.1 Å². The molecule has 0 radical (unpaired) electrons. The van der Waals surface area contributed by atoms with Crippen molar-refractivity contribution < 1.29 is 10.0 Å². The lowest BCUT2D eigenvalue weighted by Crippen LogP contribution is -2.47. The molecule has 9 nitrogen and oxygen atoms in total. The van der Waals surface area contributed by atoms with Crippen LogP contribution in [0.25, 0.3) is 0 Å². The number of aromatic nitrogens is 2. The number of nitro groups is 1. The molecule has 0 atom stereocenters. The Morgan fingerprint density at radius 2 is 1.88 bits per heavy atom. The van der Waals surface area contributed by atoms with E-state index in [9.17, 15) is 10.1 Å². The summed E-state index contributed by atoms with van der Waals surface area (Å²) in [5.41, 5.74) is 0.725. The quantitative estimate of drug-likeness (QED) is 0.609. The van der Waals surface area contributed by atoms with E-state index in [4.69, 9.17) is 5.11 Å². The molecule has 0 amide bonds. The number of β-amino-alcohol motifs (C(OH)–C–C–N with tert-alkyl or cyclic N) is 1. The molecule has 3 rings (SSSR count). The molecule has 1 fully saturated rings. The Morgan fingerprint density at radius 3 is 2.50 bits per heavy atom. The molecule has 1 aliphatic rings. The lowest BCUT2D eigenvalue weighted by Gasteiger charge is -2.34.